The Morgan fingerprint density at radius 2 is 2.06 bits per heavy atom. The molecule has 2 aromatic rings. The van der Waals surface area contributed by atoms with Crippen LogP contribution < -0.4 is 10.2 Å². The number of nitrogens with zero attached hydrogens (tertiary/aromatic N) is 5. The first-order chi connectivity index (χ1) is 8.84. The summed E-state index contributed by atoms with van der Waals surface area (Å²) in [7, 11) is 1.91. The fraction of sp³-hybridized carbons (Fsp3) is 0.417. The van der Waals surface area contributed by atoms with Gasteiger partial charge < -0.3 is 10.2 Å². The lowest BCUT2D eigenvalue weighted by Gasteiger charge is -2.28. The van der Waals surface area contributed by atoms with Gasteiger partial charge in [0, 0.05) is 39.4 Å². The number of aromatic nitrogens is 4. The van der Waals surface area contributed by atoms with Crippen LogP contribution in [0.25, 0.3) is 11.4 Å². The molecule has 0 aliphatic carbocycles. The number of nitrogens with one attached hydrogen (secondary N) is 1. The average molecular weight is 244 g/mol. The van der Waals surface area contributed by atoms with Crippen LogP contribution in [0.1, 0.15) is 0 Å². The Labute approximate surface area is 106 Å². The van der Waals surface area contributed by atoms with Crippen molar-refractivity contribution in [3.05, 3.63) is 24.7 Å². The summed E-state index contributed by atoms with van der Waals surface area (Å²) in [5, 5.41) is 7.49. The lowest BCUT2D eigenvalue weighted by molar-refractivity contribution is 0.584. The van der Waals surface area contributed by atoms with Crippen molar-refractivity contribution in [3.8, 4) is 11.4 Å². The molecule has 3 heterocycles. The number of piperazine rings is 1. The average Bonchev–Trinajstić information content (AvgIpc) is 2.86. The van der Waals surface area contributed by atoms with E-state index in [1.165, 1.54) is 0 Å². The van der Waals surface area contributed by atoms with Gasteiger partial charge in [-0.2, -0.15) is 5.10 Å². The molecule has 6 nitrogen and oxygen atoms in total. The van der Waals surface area contributed by atoms with Crippen LogP contribution >= 0.6 is 0 Å². The minimum atomic E-state index is 0.867. The fourth-order valence-corrected chi connectivity index (χ4v) is 2.15. The van der Waals surface area contributed by atoms with Crippen LogP contribution in [0, 0.1) is 0 Å². The zero-order valence-corrected chi connectivity index (χ0v) is 10.4. The third-order valence-corrected chi connectivity index (χ3v) is 3.15. The second kappa shape index (κ2) is 4.73. The van der Waals surface area contributed by atoms with E-state index in [0.29, 0.717) is 0 Å². The second-order valence-corrected chi connectivity index (χ2v) is 4.34. The second-order valence-electron chi connectivity index (χ2n) is 4.34. The van der Waals surface area contributed by atoms with Crippen molar-refractivity contribution >= 4 is 5.82 Å². The van der Waals surface area contributed by atoms with Gasteiger partial charge in [0.25, 0.3) is 0 Å². The molecule has 0 spiro atoms. The standard InChI is InChI=1S/C12H16N6/c1-17-11(2-3-15-17)10-8-14-9-12(16-10)18-6-4-13-5-7-18/h2-3,8-9,13H,4-7H2,1H3. The molecule has 2 aromatic heterocycles. The van der Waals surface area contributed by atoms with Crippen molar-refractivity contribution < 1.29 is 0 Å². The molecule has 3 rings (SSSR count). The van der Waals surface area contributed by atoms with Crippen molar-refractivity contribution in [1.82, 2.24) is 25.1 Å². The monoisotopic (exact) mass is 244 g/mol. The quantitative estimate of drug-likeness (QED) is 0.822. The minimum absolute atomic E-state index is 0.867. The van der Waals surface area contributed by atoms with Crippen molar-refractivity contribution in [1.29, 1.82) is 0 Å². The molecule has 1 N–H and O–H groups in total. The predicted octanol–water partition coefficient (Wildman–Crippen LogP) is 0.287. The summed E-state index contributed by atoms with van der Waals surface area (Å²) in [5.74, 6) is 0.940. The molecule has 0 atom stereocenters. The summed E-state index contributed by atoms with van der Waals surface area (Å²) in [6.45, 7) is 3.95. The van der Waals surface area contributed by atoms with E-state index in [9.17, 15) is 0 Å². The molecule has 6 heteroatoms. The molecule has 1 fully saturated rings. The van der Waals surface area contributed by atoms with E-state index in [0.717, 1.165) is 43.4 Å². The Hall–Kier alpha value is -1.95. The number of hydrogen-bond donors (Lipinski definition) is 1. The highest BCUT2D eigenvalue weighted by atomic mass is 15.3. The van der Waals surface area contributed by atoms with Gasteiger partial charge in [0.1, 0.15) is 11.5 Å². The number of rotatable bonds is 2. The lowest BCUT2D eigenvalue weighted by atomic mass is 10.3. The molecule has 1 saturated heterocycles. The zero-order chi connectivity index (χ0) is 12.4. The van der Waals surface area contributed by atoms with E-state index in [2.05, 4.69) is 25.3 Å². The van der Waals surface area contributed by atoms with Crippen molar-refractivity contribution in [2.24, 2.45) is 7.05 Å². The maximum Gasteiger partial charge on any atom is 0.147 e. The minimum Gasteiger partial charge on any atom is -0.353 e. The third-order valence-electron chi connectivity index (χ3n) is 3.15. The first-order valence-electron chi connectivity index (χ1n) is 6.11. The molecule has 18 heavy (non-hydrogen) atoms. The van der Waals surface area contributed by atoms with Crippen LogP contribution in [-0.2, 0) is 7.05 Å². The number of aryl methyl sites for hydroxylation is 1. The Balaban J connectivity index is 1.91. The van der Waals surface area contributed by atoms with Crippen molar-refractivity contribution in [3.63, 3.8) is 0 Å². The summed E-state index contributed by atoms with van der Waals surface area (Å²) in [4.78, 5) is 11.2. The van der Waals surface area contributed by atoms with Crippen LogP contribution in [0.15, 0.2) is 24.7 Å². The van der Waals surface area contributed by atoms with Crippen LogP contribution in [0.4, 0.5) is 5.82 Å². The lowest BCUT2D eigenvalue weighted by Crippen LogP contribution is -2.43. The molecule has 0 aromatic carbocycles. The first-order valence-corrected chi connectivity index (χ1v) is 6.11. The van der Waals surface area contributed by atoms with Gasteiger partial charge in [-0.3, -0.25) is 9.67 Å². The highest BCUT2D eigenvalue weighted by Crippen LogP contribution is 2.18. The summed E-state index contributed by atoms with van der Waals surface area (Å²) in [6.07, 6.45) is 5.38. The summed E-state index contributed by atoms with van der Waals surface area (Å²) in [5.41, 5.74) is 1.85. The molecule has 0 amide bonds. The SMILES string of the molecule is Cn1nccc1-c1cncc(N2CCNCC2)n1. The van der Waals surface area contributed by atoms with Gasteiger partial charge >= 0.3 is 0 Å². The first kappa shape index (κ1) is 11.2. The highest BCUT2D eigenvalue weighted by molar-refractivity contribution is 5.55. The van der Waals surface area contributed by atoms with Crippen molar-refractivity contribution in [2.45, 2.75) is 0 Å². The van der Waals surface area contributed by atoms with Crippen LogP contribution in [0.2, 0.25) is 0 Å². The van der Waals surface area contributed by atoms with E-state index < -0.39 is 0 Å². The Morgan fingerprint density at radius 3 is 2.78 bits per heavy atom. The Bertz CT molecular complexity index is 529. The fourth-order valence-electron chi connectivity index (χ4n) is 2.15. The maximum absolute atomic E-state index is 4.67. The molecule has 0 unspecified atom stereocenters. The number of anilines is 1. The van der Waals surface area contributed by atoms with Gasteiger partial charge in [-0.15, -0.1) is 0 Å². The maximum atomic E-state index is 4.67. The van der Waals surface area contributed by atoms with Gasteiger partial charge in [-0.1, -0.05) is 0 Å². The normalized spacial score (nSPS) is 15.9. The van der Waals surface area contributed by atoms with E-state index in [4.69, 9.17) is 0 Å². The molecule has 94 valence electrons. The molecule has 0 saturated carbocycles. The highest BCUT2D eigenvalue weighted by Gasteiger charge is 2.13. The van der Waals surface area contributed by atoms with E-state index in [1.807, 2.05) is 24.0 Å². The Morgan fingerprint density at radius 1 is 1.22 bits per heavy atom. The largest absolute Gasteiger partial charge is 0.353 e. The van der Waals surface area contributed by atoms with Gasteiger partial charge in [0.05, 0.1) is 18.1 Å². The number of hydrogen-bond acceptors (Lipinski definition) is 5. The molecule has 1 aliphatic heterocycles. The molecule has 0 bridgehead atoms. The molecular weight excluding hydrogens is 228 g/mol. The molecule has 0 radical (unpaired) electrons. The summed E-state index contributed by atoms with van der Waals surface area (Å²) in [6, 6.07) is 1.95. The van der Waals surface area contributed by atoms with Crippen LogP contribution in [0.5, 0.6) is 0 Å². The van der Waals surface area contributed by atoms with Crippen LogP contribution in [-0.4, -0.2) is 45.9 Å². The predicted molar refractivity (Wildman–Crippen MR) is 69.3 cm³/mol. The zero-order valence-electron chi connectivity index (χ0n) is 10.4. The summed E-state index contributed by atoms with van der Waals surface area (Å²) >= 11 is 0. The molecule has 1 aliphatic rings. The van der Waals surface area contributed by atoms with E-state index in [-0.39, 0.29) is 0 Å². The van der Waals surface area contributed by atoms with Gasteiger partial charge in [0.2, 0.25) is 0 Å². The third kappa shape index (κ3) is 2.06. The van der Waals surface area contributed by atoms with Gasteiger partial charge in [-0.25, -0.2) is 4.98 Å². The van der Waals surface area contributed by atoms with Gasteiger partial charge in [0.15, 0.2) is 0 Å². The molecular formula is C12H16N6. The van der Waals surface area contributed by atoms with E-state index in [1.54, 1.807) is 12.4 Å². The smallest absolute Gasteiger partial charge is 0.147 e. The van der Waals surface area contributed by atoms with Crippen LogP contribution in [0.3, 0.4) is 0 Å². The topological polar surface area (TPSA) is 58.9 Å². The van der Waals surface area contributed by atoms with E-state index >= 15 is 0 Å². The Kier molecular flexibility index (Phi) is 2.93. The van der Waals surface area contributed by atoms with Crippen molar-refractivity contribution in [2.75, 3.05) is 31.1 Å². The van der Waals surface area contributed by atoms with Gasteiger partial charge in [-0.05, 0) is 6.07 Å². The summed E-state index contributed by atoms with van der Waals surface area (Å²) < 4.78 is 1.81.